The molecule has 2 N–H and O–H groups in total. The first-order valence-corrected chi connectivity index (χ1v) is 7.00. The van der Waals surface area contributed by atoms with Crippen molar-refractivity contribution in [3.8, 4) is 5.69 Å². The van der Waals surface area contributed by atoms with E-state index in [4.69, 9.17) is 0 Å². The third-order valence-electron chi connectivity index (χ3n) is 3.41. The van der Waals surface area contributed by atoms with Crippen molar-refractivity contribution >= 4 is 5.97 Å². The van der Waals surface area contributed by atoms with Crippen LogP contribution in [0.15, 0.2) is 36.5 Å². The molecule has 2 aromatic rings. The molecule has 0 amide bonds. The van der Waals surface area contributed by atoms with Gasteiger partial charge < -0.3 is 5.11 Å². The molecule has 0 radical (unpaired) electrons. The van der Waals surface area contributed by atoms with E-state index in [-0.39, 0.29) is 0 Å². The Bertz CT molecular complexity index is 597. The highest BCUT2D eigenvalue weighted by Gasteiger charge is 2.31. The third kappa shape index (κ3) is 3.66. The molecule has 0 saturated carbocycles. The Labute approximate surface area is 123 Å². The number of rotatable bonds is 7. The van der Waals surface area contributed by atoms with E-state index in [1.807, 2.05) is 37.3 Å². The van der Waals surface area contributed by atoms with E-state index in [0.717, 1.165) is 12.1 Å². The SMILES string of the molecule is CCCC(C)(NCc1cnn(-c2ccccc2)n1)C(=O)O. The predicted molar refractivity (Wildman–Crippen MR) is 79.1 cm³/mol. The van der Waals surface area contributed by atoms with E-state index in [2.05, 4.69) is 15.5 Å². The quantitative estimate of drug-likeness (QED) is 0.814. The van der Waals surface area contributed by atoms with Crippen LogP contribution in [0.25, 0.3) is 5.69 Å². The molecule has 0 aliphatic heterocycles. The molecule has 21 heavy (non-hydrogen) atoms. The largest absolute Gasteiger partial charge is 0.480 e. The van der Waals surface area contributed by atoms with Crippen LogP contribution in [-0.4, -0.2) is 31.6 Å². The van der Waals surface area contributed by atoms with Crippen LogP contribution in [-0.2, 0) is 11.3 Å². The molecule has 0 spiro atoms. The van der Waals surface area contributed by atoms with Gasteiger partial charge in [0.25, 0.3) is 0 Å². The molecule has 1 unspecified atom stereocenters. The zero-order chi connectivity index (χ0) is 15.3. The molecule has 1 heterocycles. The average Bonchev–Trinajstić information content (AvgIpc) is 2.95. The molecular formula is C15H20N4O2. The monoisotopic (exact) mass is 288 g/mol. The number of carboxylic acids is 1. The molecule has 2 rings (SSSR count). The van der Waals surface area contributed by atoms with Gasteiger partial charge in [-0.2, -0.15) is 15.0 Å². The maximum absolute atomic E-state index is 11.4. The van der Waals surface area contributed by atoms with Crippen LogP contribution in [0.1, 0.15) is 32.4 Å². The minimum Gasteiger partial charge on any atom is -0.480 e. The van der Waals surface area contributed by atoms with Crippen LogP contribution in [0.2, 0.25) is 0 Å². The summed E-state index contributed by atoms with van der Waals surface area (Å²) in [7, 11) is 0. The second kappa shape index (κ2) is 6.49. The van der Waals surface area contributed by atoms with Crippen LogP contribution in [0.5, 0.6) is 0 Å². The van der Waals surface area contributed by atoms with Gasteiger partial charge >= 0.3 is 5.97 Å². The highest BCUT2D eigenvalue weighted by molar-refractivity contribution is 5.78. The molecular weight excluding hydrogens is 268 g/mol. The van der Waals surface area contributed by atoms with Gasteiger partial charge in [-0.15, -0.1) is 0 Å². The second-order valence-electron chi connectivity index (χ2n) is 5.20. The second-order valence-corrected chi connectivity index (χ2v) is 5.20. The van der Waals surface area contributed by atoms with Gasteiger partial charge in [0, 0.05) is 6.54 Å². The minimum absolute atomic E-state index is 0.371. The number of para-hydroxylation sites is 1. The van der Waals surface area contributed by atoms with Crippen molar-refractivity contribution in [2.24, 2.45) is 0 Å². The summed E-state index contributed by atoms with van der Waals surface area (Å²) in [5.74, 6) is -0.847. The standard InChI is InChI=1S/C15H20N4O2/c1-3-9-15(2,14(20)21)16-10-12-11-17-19(18-12)13-7-5-4-6-8-13/h4-8,11,16H,3,9-10H2,1-2H3,(H,20,21). The van der Waals surface area contributed by atoms with Crippen LogP contribution in [0.3, 0.4) is 0 Å². The number of nitrogens with zero attached hydrogens (tertiary/aromatic N) is 3. The predicted octanol–water partition coefficient (Wildman–Crippen LogP) is 2.00. The van der Waals surface area contributed by atoms with Gasteiger partial charge in [0.1, 0.15) is 5.54 Å². The van der Waals surface area contributed by atoms with Gasteiger partial charge in [0.05, 0.1) is 17.6 Å². The van der Waals surface area contributed by atoms with Crippen molar-refractivity contribution in [1.29, 1.82) is 0 Å². The molecule has 1 aromatic heterocycles. The fourth-order valence-corrected chi connectivity index (χ4v) is 2.12. The summed E-state index contributed by atoms with van der Waals surface area (Å²) in [6.07, 6.45) is 3.01. The Kier molecular flexibility index (Phi) is 4.70. The van der Waals surface area contributed by atoms with Crippen LogP contribution in [0.4, 0.5) is 0 Å². The van der Waals surface area contributed by atoms with E-state index in [0.29, 0.717) is 18.7 Å². The highest BCUT2D eigenvalue weighted by atomic mass is 16.4. The summed E-state index contributed by atoms with van der Waals surface area (Å²) in [4.78, 5) is 12.9. The minimum atomic E-state index is -0.939. The molecule has 1 aromatic carbocycles. The number of carboxylic acid groups (broad SMARTS) is 1. The Morgan fingerprint density at radius 2 is 2.10 bits per heavy atom. The summed E-state index contributed by atoms with van der Waals surface area (Å²) in [6, 6.07) is 9.59. The van der Waals surface area contributed by atoms with Crippen molar-refractivity contribution < 1.29 is 9.90 Å². The highest BCUT2D eigenvalue weighted by Crippen LogP contribution is 2.13. The number of aromatic nitrogens is 3. The zero-order valence-corrected chi connectivity index (χ0v) is 12.3. The lowest BCUT2D eigenvalue weighted by molar-refractivity contribution is -0.144. The summed E-state index contributed by atoms with van der Waals surface area (Å²) < 4.78 is 0. The van der Waals surface area contributed by atoms with Crippen LogP contribution >= 0.6 is 0 Å². The fourth-order valence-electron chi connectivity index (χ4n) is 2.12. The first kappa shape index (κ1) is 15.2. The summed E-state index contributed by atoms with van der Waals surface area (Å²) in [5, 5.41) is 20.9. The van der Waals surface area contributed by atoms with E-state index < -0.39 is 11.5 Å². The Morgan fingerprint density at radius 1 is 1.38 bits per heavy atom. The van der Waals surface area contributed by atoms with Crippen molar-refractivity contribution in [3.63, 3.8) is 0 Å². The van der Waals surface area contributed by atoms with Crippen LogP contribution < -0.4 is 5.32 Å². The van der Waals surface area contributed by atoms with Crippen molar-refractivity contribution in [2.45, 2.75) is 38.8 Å². The first-order valence-electron chi connectivity index (χ1n) is 7.00. The summed E-state index contributed by atoms with van der Waals surface area (Å²) in [6.45, 7) is 4.03. The van der Waals surface area contributed by atoms with Gasteiger partial charge in [0.2, 0.25) is 0 Å². The molecule has 0 aliphatic rings. The average molecular weight is 288 g/mol. The van der Waals surface area contributed by atoms with E-state index in [9.17, 15) is 9.90 Å². The van der Waals surface area contributed by atoms with Crippen molar-refractivity contribution in [3.05, 3.63) is 42.2 Å². The van der Waals surface area contributed by atoms with Crippen molar-refractivity contribution in [2.75, 3.05) is 0 Å². The lowest BCUT2D eigenvalue weighted by atomic mass is 9.96. The lowest BCUT2D eigenvalue weighted by Crippen LogP contribution is -2.49. The first-order chi connectivity index (χ1) is 10.0. The molecule has 0 saturated heterocycles. The molecule has 6 heteroatoms. The van der Waals surface area contributed by atoms with Gasteiger partial charge in [-0.05, 0) is 25.5 Å². The molecule has 1 atom stereocenters. The van der Waals surface area contributed by atoms with E-state index in [1.54, 1.807) is 13.1 Å². The van der Waals surface area contributed by atoms with Gasteiger partial charge in [0.15, 0.2) is 0 Å². The summed E-state index contributed by atoms with van der Waals surface area (Å²) in [5.41, 5.74) is 0.645. The molecule has 0 fully saturated rings. The Balaban J connectivity index is 2.04. The zero-order valence-electron chi connectivity index (χ0n) is 12.3. The fraction of sp³-hybridized carbons (Fsp3) is 0.400. The number of benzene rings is 1. The number of carbonyl (C=O) groups is 1. The summed E-state index contributed by atoms with van der Waals surface area (Å²) >= 11 is 0. The molecule has 0 aliphatic carbocycles. The van der Waals surface area contributed by atoms with E-state index in [1.165, 1.54) is 4.80 Å². The number of nitrogens with one attached hydrogen (secondary N) is 1. The topological polar surface area (TPSA) is 80.0 Å². The maximum Gasteiger partial charge on any atom is 0.323 e. The van der Waals surface area contributed by atoms with E-state index >= 15 is 0 Å². The molecule has 0 bridgehead atoms. The maximum atomic E-state index is 11.4. The van der Waals surface area contributed by atoms with Crippen LogP contribution in [0, 0.1) is 0 Å². The third-order valence-corrected chi connectivity index (χ3v) is 3.41. The van der Waals surface area contributed by atoms with Gasteiger partial charge in [-0.3, -0.25) is 10.1 Å². The van der Waals surface area contributed by atoms with Crippen molar-refractivity contribution in [1.82, 2.24) is 20.3 Å². The molecule has 112 valence electrons. The van der Waals surface area contributed by atoms with Gasteiger partial charge in [-0.25, -0.2) is 0 Å². The lowest BCUT2D eigenvalue weighted by Gasteiger charge is -2.25. The Morgan fingerprint density at radius 3 is 2.71 bits per heavy atom. The Hall–Kier alpha value is -2.21. The smallest absolute Gasteiger partial charge is 0.323 e. The number of hydrogen-bond acceptors (Lipinski definition) is 4. The number of aliphatic carboxylic acids is 1. The number of hydrogen-bond donors (Lipinski definition) is 2. The van der Waals surface area contributed by atoms with Gasteiger partial charge in [-0.1, -0.05) is 31.5 Å². The molecule has 6 nitrogen and oxygen atoms in total. The normalized spacial score (nSPS) is 13.8.